The van der Waals surface area contributed by atoms with Crippen molar-refractivity contribution in [1.29, 1.82) is 0 Å². The van der Waals surface area contributed by atoms with Crippen LogP contribution in [0.15, 0.2) is 48.5 Å². The summed E-state index contributed by atoms with van der Waals surface area (Å²) in [7, 11) is 3.65. The number of aromatic nitrogens is 1. The lowest BCUT2D eigenvalue weighted by atomic mass is 10.0. The summed E-state index contributed by atoms with van der Waals surface area (Å²) in [4.78, 5) is 79.2. The van der Waals surface area contributed by atoms with Crippen LogP contribution < -0.4 is 16.0 Å². The lowest BCUT2D eigenvalue weighted by Gasteiger charge is -2.17. The molecule has 2 heterocycles. The molecule has 1 aliphatic heterocycles. The molecule has 4 rings (SSSR count). The van der Waals surface area contributed by atoms with E-state index in [4.69, 9.17) is 9.47 Å². The molecule has 0 saturated carbocycles. The van der Waals surface area contributed by atoms with E-state index in [2.05, 4.69) is 25.7 Å². The van der Waals surface area contributed by atoms with Crippen molar-refractivity contribution in [3.8, 4) is 0 Å². The Morgan fingerprint density at radius 1 is 0.851 bits per heavy atom. The summed E-state index contributed by atoms with van der Waals surface area (Å²) in [5, 5.41) is 8.13. The monoisotopic (exact) mass is 644 g/mol. The molecule has 0 spiro atoms. The van der Waals surface area contributed by atoms with Crippen LogP contribution in [-0.4, -0.2) is 74.0 Å². The third kappa shape index (κ3) is 7.93. The number of methoxy groups -OCH3 is 3. The van der Waals surface area contributed by atoms with Gasteiger partial charge in [0.1, 0.15) is 12.1 Å². The molecule has 1 aliphatic rings. The first-order chi connectivity index (χ1) is 22.5. The number of aryl methyl sites for hydroxylation is 1. The van der Waals surface area contributed by atoms with Gasteiger partial charge in [-0.3, -0.25) is 19.2 Å². The fraction of sp³-hybridized carbons (Fsp3) is 0.294. The zero-order valence-electron chi connectivity index (χ0n) is 26.6. The van der Waals surface area contributed by atoms with Gasteiger partial charge in [0.25, 0.3) is 17.7 Å². The Bertz CT molecular complexity index is 1740. The number of anilines is 1. The maximum Gasteiger partial charge on any atom is 0.328 e. The maximum atomic E-state index is 13.3. The number of H-pyrrole nitrogens is 1. The average Bonchev–Trinajstić information content (AvgIpc) is 3.54. The zero-order valence-corrected chi connectivity index (χ0v) is 26.6. The van der Waals surface area contributed by atoms with Gasteiger partial charge in [-0.05, 0) is 55.7 Å². The molecule has 4 N–H and O–H groups in total. The number of rotatable bonds is 12. The number of benzene rings is 2. The van der Waals surface area contributed by atoms with E-state index in [1.54, 1.807) is 38.1 Å². The minimum Gasteiger partial charge on any atom is -0.469 e. The summed E-state index contributed by atoms with van der Waals surface area (Å²) in [6.45, 7) is 3.35. The van der Waals surface area contributed by atoms with E-state index in [9.17, 15) is 28.8 Å². The van der Waals surface area contributed by atoms with E-state index in [0.717, 1.165) is 5.56 Å². The first kappa shape index (κ1) is 34.2. The SMILES string of the molecule is COC(=O)CC[C@@H](NC(=O)c1c(C)[nH]c(C=C2C(=O)Nc3ccc(C(=O)N[C@@H](Cc4ccccc4)C(=O)OC)cc32)c1C)C(=O)OC. The third-order valence-corrected chi connectivity index (χ3v) is 7.79. The highest BCUT2D eigenvalue weighted by Crippen LogP contribution is 2.35. The third-order valence-electron chi connectivity index (χ3n) is 7.79. The molecular weight excluding hydrogens is 608 g/mol. The number of hydrogen-bond donors (Lipinski definition) is 4. The van der Waals surface area contributed by atoms with E-state index in [0.29, 0.717) is 28.2 Å². The highest BCUT2D eigenvalue weighted by Gasteiger charge is 2.30. The first-order valence-corrected chi connectivity index (χ1v) is 14.7. The molecule has 0 saturated heterocycles. The van der Waals surface area contributed by atoms with E-state index in [1.807, 2.05) is 30.3 Å². The number of hydrogen-bond acceptors (Lipinski definition) is 9. The van der Waals surface area contributed by atoms with Crippen molar-refractivity contribution in [2.45, 2.75) is 45.2 Å². The average molecular weight is 645 g/mol. The van der Waals surface area contributed by atoms with Crippen LogP contribution in [0.25, 0.3) is 11.6 Å². The highest BCUT2D eigenvalue weighted by molar-refractivity contribution is 6.35. The number of aromatic amines is 1. The molecule has 2 aromatic carbocycles. The second kappa shape index (κ2) is 15.0. The minimum absolute atomic E-state index is 0.0238. The van der Waals surface area contributed by atoms with Gasteiger partial charge in [0, 0.05) is 41.0 Å². The van der Waals surface area contributed by atoms with Crippen LogP contribution in [0.4, 0.5) is 5.69 Å². The summed E-state index contributed by atoms with van der Waals surface area (Å²) < 4.78 is 14.3. The van der Waals surface area contributed by atoms with Gasteiger partial charge in [-0.15, -0.1) is 0 Å². The molecule has 13 heteroatoms. The van der Waals surface area contributed by atoms with Gasteiger partial charge in [0.2, 0.25) is 0 Å². The largest absolute Gasteiger partial charge is 0.469 e. The van der Waals surface area contributed by atoms with Gasteiger partial charge in [-0.2, -0.15) is 0 Å². The Balaban J connectivity index is 1.58. The van der Waals surface area contributed by atoms with Gasteiger partial charge in [-0.25, -0.2) is 9.59 Å². The molecule has 0 fully saturated rings. The molecule has 1 aromatic heterocycles. The fourth-order valence-electron chi connectivity index (χ4n) is 5.29. The van der Waals surface area contributed by atoms with Crippen LogP contribution in [0.1, 0.15) is 61.6 Å². The minimum atomic E-state index is -1.09. The highest BCUT2D eigenvalue weighted by atomic mass is 16.5. The summed E-state index contributed by atoms with van der Waals surface area (Å²) >= 11 is 0. The molecule has 13 nitrogen and oxygen atoms in total. The van der Waals surface area contributed by atoms with E-state index in [-0.39, 0.29) is 36.0 Å². The predicted octanol–water partition coefficient (Wildman–Crippen LogP) is 2.86. The molecule has 0 bridgehead atoms. The quantitative estimate of drug-likeness (QED) is 0.131. The van der Waals surface area contributed by atoms with Crippen molar-refractivity contribution < 1.29 is 43.0 Å². The van der Waals surface area contributed by atoms with Crippen molar-refractivity contribution in [1.82, 2.24) is 15.6 Å². The molecule has 0 unspecified atom stereocenters. The van der Waals surface area contributed by atoms with Gasteiger partial charge < -0.3 is 35.1 Å². The van der Waals surface area contributed by atoms with Crippen molar-refractivity contribution in [3.63, 3.8) is 0 Å². The van der Waals surface area contributed by atoms with Gasteiger partial charge in [0.05, 0.1) is 32.5 Å². The van der Waals surface area contributed by atoms with Crippen molar-refractivity contribution in [2.75, 3.05) is 26.6 Å². The number of esters is 3. The lowest BCUT2D eigenvalue weighted by Crippen LogP contribution is -2.43. The van der Waals surface area contributed by atoms with Crippen LogP contribution >= 0.6 is 0 Å². The van der Waals surface area contributed by atoms with Crippen LogP contribution in [0.2, 0.25) is 0 Å². The van der Waals surface area contributed by atoms with Gasteiger partial charge >= 0.3 is 17.9 Å². The second-order valence-corrected chi connectivity index (χ2v) is 10.8. The molecule has 246 valence electrons. The van der Waals surface area contributed by atoms with Crippen LogP contribution in [0.3, 0.4) is 0 Å². The smallest absolute Gasteiger partial charge is 0.328 e. The van der Waals surface area contributed by atoms with E-state index >= 15 is 0 Å². The second-order valence-electron chi connectivity index (χ2n) is 10.8. The van der Waals surface area contributed by atoms with Crippen LogP contribution in [0.5, 0.6) is 0 Å². The first-order valence-electron chi connectivity index (χ1n) is 14.7. The zero-order chi connectivity index (χ0) is 34.2. The van der Waals surface area contributed by atoms with Crippen molar-refractivity contribution >= 4 is 53.0 Å². The Morgan fingerprint density at radius 2 is 1.51 bits per heavy atom. The predicted molar refractivity (Wildman–Crippen MR) is 171 cm³/mol. The van der Waals surface area contributed by atoms with E-state index in [1.165, 1.54) is 21.3 Å². The van der Waals surface area contributed by atoms with Crippen LogP contribution in [-0.2, 0) is 39.8 Å². The summed E-state index contributed by atoms with van der Waals surface area (Å²) in [6, 6.07) is 11.9. The normalized spacial score (nSPS) is 14.0. The standard InChI is InChI=1S/C34H36N4O9/c1-18-26(35-19(2)29(18)32(42)37-25(33(43)46-4)13-14-28(39)45-3)17-23-22-16-21(11-12-24(22)36-31(23)41)30(40)38-27(34(44)47-5)15-20-9-7-6-8-10-20/h6-12,16-17,25,27,35H,13-15H2,1-5H3,(H,36,41)(H,37,42)(H,38,40)/t25-,27+/m1/s1. The Hall–Kier alpha value is -5.72. The van der Waals surface area contributed by atoms with Crippen molar-refractivity contribution in [3.05, 3.63) is 87.7 Å². The Morgan fingerprint density at radius 3 is 2.17 bits per heavy atom. The number of nitrogens with one attached hydrogen (secondary N) is 4. The number of carbonyl (C=O) groups excluding carboxylic acids is 6. The molecule has 3 aromatic rings. The number of ether oxygens (including phenoxy) is 3. The van der Waals surface area contributed by atoms with E-state index < -0.39 is 47.7 Å². The lowest BCUT2D eigenvalue weighted by molar-refractivity contribution is -0.145. The maximum absolute atomic E-state index is 13.3. The molecule has 0 radical (unpaired) electrons. The molecule has 3 amide bonds. The summed E-state index contributed by atoms with van der Waals surface area (Å²) in [5.41, 5.74) is 3.91. The topological polar surface area (TPSA) is 182 Å². The summed E-state index contributed by atoms with van der Waals surface area (Å²) in [6.07, 6.45) is 1.67. The van der Waals surface area contributed by atoms with Crippen LogP contribution in [0, 0.1) is 13.8 Å². The number of carbonyl (C=O) groups is 6. The fourth-order valence-corrected chi connectivity index (χ4v) is 5.29. The van der Waals surface area contributed by atoms with Crippen molar-refractivity contribution in [2.24, 2.45) is 0 Å². The molecule has 2 atom stereocenters. The Kier molecular flexibility index (Phi) is 10.9. The van der Waals surface area contributed by atoms with Gasteiger partial charge in [-0.1, -0.05) is 30.3 Å². The Labute approximate surface area is 271 Å². The molecular formula is C34H36N4O9. The molecule has 0 aliphatic carbocycles. The summed E-state index contributed by atoms with van der Waals surface area (Å²) in [5.74, 6) is -3.38. The molecule has 47 heavy (non-hydrogen) atoms. The number of amides is 3. The number of fused-ring (bicyclic) bond motifs is 1. The van der Waals surface area contributed by atoms with Gasteiger partial charge in [0.15, 0.2) is 0 Å².